The van der Waals surface area contributed by atoms with Crippen LogP contribution in [-0.4, -0.2) is 25.0 Å². The van der Waals surface area contributed by atoms with Crippen molar-refractivity contribution in [2.24, 2.45) is 0 Å². The topological polar surface area (TPSA) is 76.7 Å². The number of carbonyl (C=O) groups is 2. The molecule has 2 aromatic rings. The fraction of sp³-hybridized carbons (Fsp3) is 0.263. The van der Waals surface area contributed by atoms with Crippen LogP contribution >= 0.6 is 0 Å². The highest BCUT2D eigenvalue weighted by atomic mass is 16.5. The monoisotopic (exact) mass is 342 g/mol. The first-order chi connectivity index (χ1) is 12.0. The summed E-state index contributed by atoms with van der Waals surface area (Å²) in [5.41, 5.74) is 1.20. The Labute approximate surface area is 147 Å². The summed E-state index contributed by atoms with van der Waals surface area (Å²) in [6.45, 7) is 3.30. The maximum Gasteiger partial charge on any atom is 0.265 e. The fourth-order valence-electron chi connectivity index (χ4n) is 2.29. The number of nitrogens with one attached hydrogen (secondary N) is 2. The van der Waals surface area contributed by atoms with Crippen molar-refractivity contribution in [1.82, 2.24) is 0 Å². The van der Waals surface area contributed by atoms with Crippen molar-refractivity contribution < 1.29 is 19.1 Å². The average Bonchev–Trinajstić information content (AvgIpc) is 2.59. The molecule has 0 aliphatic rings. The molecule has 2 aromatic carbocycles. The van der Waals surface area contributed by atoms with Gasteiger partial charge in [0.05, 0.1) is 7.11 Å². The summed E-state index contributed by atoms with van der Waals surface area (Å²) in [7, 11) is 1.55. The molecule has 2 amide bonds. The highest BCUT2D eigenvalue weighted by molar-refractivity contribution is 5.95. The first-order valence-electron chi connectivity index (χ1n) is 8.01. The van der Waals surface area contributed by atoms with Gasteiger partial charge in [0.15, 0.2) is 17.6 Å². The summed E-state index contributed by atoms with van der Waals surface area (Å²) < 4.78 is 11.1. The van der Waals surface area contributed by atoms with Crippen molar-refractivity contribution in [3.8, 4) is 11.5 Å². The summed E-state index contributed by atoms with van der Waals surface area (Å²) in [4.78, 5) is 23.7. The van der Waals surface area contributed by atoms with Crippen LogP contribution in [-0.2, 0) is 9.59 Å². The van der Waals surface area contributed by atoms with Crippen LogP contribution in [0.4, 0.5) is 11.4 Å². The largest absolute Gasteiger partial charge is 0.493 e. The number of hydrogen-bond donors (Lipinski definition) is 2. The van der Waals surface area contributed by atoms with Gasteiger partial charge in [0.25, 0.3) is 5.91 Å². The van der Waals surface area contributed by atoms with Gasteiger partial charge in [0.1, 0.15) is 0 Å². The van der Waals surface area contributed by atoms with Crippen LogP contribution in [0, 0.1) is 0 Å². The zero-order valence-electron chi connectivity index (χ0n) is 14.5. The lowest BCUT2D eigenvalue weighted by molar-refractivity contribution is -0.122. The molecule has 132 valence electrons. The van der Waals surface area contributed by atoms with Gasteiger partial charge in [-0.1, -0.05) is 25.1 Å². The molecule has 0 bridgehead atoms. The highest BCUT2D eigenvalue weighted by Gasteiger charge is 2.20. The summed E-state index contributed by atoms with van der Waals surface area (Å²) in [5, 5.41) is 5.49. The molecule has 0 aliphatic heterocycles. The van der Waals surface area contributed by atoms with Crippen molar-refractivity contribution in [2.75, 3.05) is 17.7 Å². The van der Waals surface area contributed by atoms with Crippen LogP contribution in [0.5, 0.6) is 11.5 Å². The maximum absolute atomic E-state index is 12.5. The Balaban J connectivity index is 2.08. The summed E-state index contributed by atoms with van der Waals surface area (Å²) >= 11 is 0. The second kappa shape index (κ2) is 8.73. The second-order valence-electron chi connectivity index (χ2n) is 5.42. The Morgan fingerprint density at radius 2 is 1.64 bits per heavy atom. The minimum atomic E-state index is -0.666. The van der Waals surface area contributed by atoms with Gasteiger partial charge in [-0.05, 0) is 36.8 Å². The van der Waals surface area contributed by atoms with E-state index in [2.05, 4.69) is 10.6 Å². The van der Waals surface area contributed by atoms with E-state index >= 15 is 0 Å². The molecule has 1 atom stereocenters. The number of hydrogen-bond acceptors (Lipinski definition) is 4. The summed E-state index contributed by atoms with van der Waals surface area (Å²) in [6.07, 6.45) is -0.171. The molecule has 0 heterocycles. The Kier molecular flexibility index (Phi) is 6.39. The van der Waals surface area contributed by atoms with Crippen molar-refractivity contribution in [1.29, 1.82) is 0 Å². The number of amides is 2. The standard InChI is InChI=1S/C19H22N2O4/c1-4-16(25-18-11-6-5-10-17(18)24-3)19(23)21-15-9-7-8-14(12-15)20-13(2)22/h5-12,16H,4H2,1-3H3,(H,20,22)(H,21,23)/t16-/m1/s1. The summed E-state index contributed by atoms with van der Waals surface area (Å²) in [6, 6.07) is 14.1. The quantitative estimate of drug-likeness (QED) is 0.808. The van der Waals surface area contributed by atoms with E-state index in [0.717, 1.165) is 0 Å². The Bertz CT molecular complexity index is 746. The van der Waals surface area contributed by atoms with Gasteiger partial charge in [-0.3, -0.25) is 9.59 Å². The molecule has 0 radical (unpaired) electrons. The minimum Gasteiger partial charge on any atom is -0.493 e. The van der Waals surface area contributed by atoms with E-state index in [1.165, 1.54) is 6.92 Å². The molecule has 25 heavy (non-hydrogen) atoms. The minimum absolute atomic E-state index is 0.172. The summed E-state index contributed by atoms with van der Waals surface area (Å²) in [5.74, 6) is 0.642. The first kappa shape index (κ1) is 18.3. The smallest absolute Gasteiger partial charge is 0.265 e. The number of para-hydroxylation sites is 2. The maximum atomic E-state index is 12.5. The molecule has 0 saturated heterocycles. The first-order valence-corrected chi connectivity index (χ1v) is 8.01. The van der Waals surface area contributed by atoms with E-state index in [9.17, 15) is 9.59 Å². The lowest BCUT2D eigenvalue weighted by atomic mass is 10.2. The van der Waals surface area contributed by atoms with Gasteiger partial charge in [0.2, 0.25) is 5.91 Å². The molecular weight excluding hydrogens is 320 g/mol. The van der Waals surface area contributed by atoms with E-state index in [-0.39, 0.29) is 11.8 Å². The Hall–Kier alpha value is -3.02. The van der Waals surface area contributed by atoms with E-state index in [1.807, 2.05) is 19.1 Å². The third-order valence-corrected chi connectivity index (χ3v) is 3.45. The molecule has 2 N–H and O–H groups in total. The van der Waals surface area contributed by atoms with Crippen molar-refractivity contribution >= 4 is 23.2 Å². The highest BCUT2D eigenvalue weighted by Crippen LogP contribution is 2.27. The number of rotatable bonds is 7. The van der Waals surface area contributed by atoms with Gasteiger partial charge in [-0.2, -0.15) is 0 Å². The molecular formula is C19H22N2O4. The molecule has 0 fully saturated rings. The van der Waals surface area contributed by atoms with Crippen LogP contribution in [0.1, 0.15) is 20.3 Å². The normalized spacial score (nSPS) is 11.3. The number of methoxy groups -OCH3 is 1. The zero-order chi connectivity index (χ0) is 18.2. The second-order valence-corrected chi connectivity index (χ2v) is 5.42. The lowest BCUT2D eigenvalue weighted by Gasteiger charge is -2.19. The molecule has 0 spiro atoms. The van der Waals surface area contributed by atoms with Gasteiger partial charge in [-0.15, -0.1) is 0 Å². The van der Waals surface area contributed by atoms with Crippen LogP contribution < -0.4 is 20.1 Å². The predicted octanol–water partition coefficient (Wildman–Crippen LogP) is 3.45. The SMILES string of the molecule is CC[C@@H](Oc1ccccc1OC)C(=O)Nc1cccc(NC(C)=O)c1. The van der Waals surface area contributed by atoms with Gasteiger partial charge in [0, 0.05) is 18.3 Å². The van der Waals surface area contributed by atoms with E-state index in [4.69, 9.17) is 9.47 Å². The number of anilines is 2. The molecule has 2 rings (SSSR count). The molecule has 0 unspecified atom stereocenters. The molecule has 6 nitrogen and oxygen atoms in total. The van der Waals surface area contributed by atoms with Crippen molar-refractivity contribution in [2.45, 2.75) is 26.4 Å². The van der Waals surface area contributed by atoms with Crippen LogP contribution in [0.3, 0.4) is 0 Å². The van der Waals surface area contributed by atoms with Crippen molar-refractivity contribution in [3.63, 3.8) is 0 Å². The third kappa shape index (κ3) is 5.24. The van der Waals surface area contributed by atoms with Gasteiger partial charge >= 0.3 is 0 Å². The number of benzene rings is 2. The zero-order valence-corrected chi connectivity index (χ0v) is 14.5. The van der Waals surface area contributed by atoms with E-state index < -0.39 is 6.10 Å². The van der Waals surface area contributed by atoms with Crippen LogP contribution in [0.15, 0.2) is 48.5 Å². The van der Waals surface area contributed by atoms with E-state index in [0.29, 0.717) is 29.3 Å². The van der Waals surface area contributed by atoms with Crippen molar-refractivity contribution in [3.05, 3.63) is 48.5 Å². The molecule has 0 aromatic heterocycles. The van der Waals surface area contributed by atoms with Crippen LogP contribution in [0.2, 0.25) is 0 Å². The lowest BCUT2D eigenvalue weighted by Crippen LogP contribution is -2.32. The molecule has 0 saturated carbocycles. The fourth-order valence-corrected chi connectivity index (χ4v) is 2.29. The predicted molar refractivity (Wildman–Crippen MR) is 97.1 cm³/mol. The van der Waals surface area contributed by atoms with Gasteiger partial charge < -0.3 is 20.1 Å². The number of ether oxygens (including phenoxy) is 2. The average molecular weight is 342 g/mol. The third-order valence-electron chi connectivity index (χ3n) is 3.45. The number of carbonyl (C=O) groups excluding carboxylic acids is 2. The molecule has 0 aliphatic carbocycles. The van der Waals surface area contributed by atoms with E-state index in [1.54, 1.807) is 43.5 Å². The Morgan fingerprint density at radius 3 is 2.24 bits per heavy atom. The van der Waals surface area contributed by atoms with Crippen LogP contribution in [0.25, 0.3) is 0 Å². The molecule has 6 heteroatoms. The van der Waals surface area contributed by atoms with Gasteiger partial charge in [-0.25, -0.2) is 0 Å². The Morgan fingerprint density at radius 1 is 1.00 bits per heavy atom.